The van der Waals surface area contributed by atoms with Gasteiger partial charge in [-0.1, -0.05) is 37.7 Å². The number of thiazole rings is 1. The Labute approximate surface area is 215 Å². The van der Waals surface area contributed by atoms with Crippen molar-refractivity contribution in [3.05, 3.63) is 58.4 Å². The molecule has 1 saturated heterocycles. The van der Waals surface area contributed by atoms with Gasteiger partial charge in [-0.25, -0.2) is 8.42 Å². The van der Waals surface area contributed by atoms with Crippen LogP contribution in [-0.4, -0.2) is 48.9 Å². The smallest absolute Gasteiger partial charge is 0.325 e. The molecule has 1 aliphatic heterocycles. The number of carbonyl (C=O) groups is 2. The SMILES string of the molecule is CCc1ccc2c(c1)sc(=NC(=O)c1ccc(S(=O)(=O)N3CCCCC3CC)cc1)n2CC(=O)OC. The molecule has 0 saturated carbocycles. The molecule has 0 N–H and O–H groups in total. The minimum atomic E-state index is -3.63. The van der Waals surface area contributed by atoms with Crippen molar-refractivity contribution in [2.24, 2.45) is 4.99 Å². The zero-order valence-electron chi connectivity index (χ0n) is 20.8. The Bertz CT molecular complexity index is 1440. The lowest BCUT2D eigenvalue weighted by atomic mass is 10.0. The Balaban J connectivity index is 1.67. The molecule has 192 valence electrons. The highest BCUT2D eigenvalue weighted by atomic mass is 32.2. The second-order valence-electron chi connectivity index (χ2n) is 8.82. The fourth-order valence-corrected chi connectivity index (χ4v) is 7.38. The second kappa shape index (κ2) is 11.1. The summed E-state index contributed by atoms with van der Waals surface area (Å²) >= 11 is 1.32. The van der Waals surface area contributed by atoms with Gasteiger partial charge in [0.25, 0.3) is 5.91 Å². The number of aryl methyl sites for hydroxylation is 1. The van der Waals surface area contributed by atoms with Crippen molar-refractivity contribution in [1.29, 1.82) is 0 Å². The maximum Gasteiger partial charge on any atom is 0.325 e. The first-order valence-corrected chi connectivity index (χ1v) is 14.4. The zero-order chi connectivity index (χ0) is 25.9. The number of amides is 1. The van der Waals surface area contributed by atoms with Crippen molar-refractivity contribution in [3.63, 3.8) is 0 Å². The number of piperidine rings is 1. The molecule has 0 bridgehead atoms. The first kappa shape index (κ1) is 26.2. The van der Waals surface area contributed by atoms with Crippen LogP contribution in [0.5, 0.6) is 0 Å². The molecule has 1 aliphatic rings. The fourth-order valence-electron chi connectivity index (χ4n) is 4.52. The van der Waals surface area contributed by atoms with E-state index >= 15 is 0 Å². The maximum atomic E-state index is 13.2. The van der Waals surface area contributed by atoms with Gasteiger partial charge in [0.1, 0.15) is 6.54 Å². The number of carbonyl (C=O) groups excluding carboxylic acids is 2. The molecule has 1 aromatic heterocycles. The minimum Gasteiger partial charge on any atom is -0.468 e. The Morgan fingerprint density at radius 1 is 1.11 bits per heavy atom. The Hall–Kier alpha value is -2.82. The van der Waals surface area contributed by atoms with Gasteiger partial charge in [0.15, 0.2) is 4.80 Å². The molecule has 1 fully saturated rings. The van der Waals surface area contributed by atoms with Gasteiger partial charge < -0.3 is 9.30 Å². The van der Waals surface area contributed by atoms with Crippen LogP contribution in [0.1, 0.15) is 55.5 Å². The molecule has 8 nitrogen and oxygen atoms in total. The van der Waals surface area contributed by atoms with E-state index in [1.165, 1.54) is 42.7 Å². The molecule has 10 heteroatoms. The molecule has 1 unspecified atom stereocenters. The summed E-state index contributed by atoms with van der Waals surface area (Å²) in [7, 11) is -2.32. The lowest BCUT2D eigenvalue weighted by molar-refractivity contribution is -0.141. The van der Waals surface area contributed by atoms with Crippen molar-refractivity contribution in [2.75, 3.05) is 13.7 Å². The summed E-state index contributed by atoms with van der Waals surface area (Å²) in [5, 5.41) is 0. The van der Waals surface area contributed by atoms with Gasteiger partial charge in [-0.3, -0.25) is 9.59 Å². The number of hydrogen-bond donors (Lipinski definition) is 0. The number of nitrogens with zero attached hydrogens (tertiary/aromatic N) is 3. The highest BCUT2D eigenvalue weighted by Gasteiger charge is 2.32. The first-order chi connectivity index (χ1) is 17.3. The summed E-state index contributed by atoms with van der Waals surface area (Å²) in [6.07, 6.45) is 4.39. The largest absolute Gasteiger partial charge is 0.468 e. The van der Waals surface area contributed by atoms with Crippen LogP contribution in [0.15, 0.2) is 52.4 Å². The van der Waals surface area contributed by atoms with Crippen LogP contribution in [0.2, 0.25) is 0 Å². The van der Waals surface area contributed by atoms with Gasteiger partial charge in [0, 0.05) is 18.2 Å². The molecule has 2 heterocycles. The summed E-state index contributed by atoms with van der Waals surface area (Å²) in [6, 6.07) is 11.9. The van der Waals surface area contributed by atoms with Crippen molar-refractivity contribution in [1.82, 2.24) is 8.87 Å². The maximum absolute atomic E-state index is 13.2. The molecule has 3 aromatic rings. The third-order valence-corrected chi connectivity index (χ3v) is 9.63. The van der Waals surface area contributed by atoms with Gasteiger partial charge in [0.05, 0.1) is 22.2 Å². The second-order valence-corrected chi connectivity index (χ2v) is 11.7. The molecule has 0 spiro atoms. The number of sulfonamides is 1. The molecule has 4 rings (SSSR count). The van der Waals surface area contributed by atoms with E-state index in [1.54, 1.807) is 8.87 Å². The number of aromatic nitrogens is 1. The normalized spacial score (nSPS) is 17.4. The van der Waals surface area contributed by atoms with Crippen LogP contribution >= 0.6 is 11.3 Å². The molecular formula is C26H31N3O5S2. The quantitative estimate of drug-likeness (QED) is 0.429. The predicted octanol–water partition coefficient (Wildman–Crippen LogP) is 4.13. The molecule has 1 atom stereocenters. The Morgan fingerprint density at radius 2 is 1.86 bits per heavy atom. The number of ether oxygens (including phenoxy) is 1. The number of methoxy groups -OCH3 is 1. The minimum absolute atomic E-state index is 0.00602. The molecule has 1 amide bonds. The van der Waals surface area contributed by atoms with Crippen molar-refractivity contribution >= 4 is 43.5 Å². The Morgan fingerprint density at radius 3 is 2.53 bits per heavy atom. The highest BCUT2D eigenvalue weighted by Crippen LogP contribution is 2.27. The van der Waals surface area contributed by atoms with Gasteiger partial charge in [-0.15, -0.1) is 0 Å². The molecule has 0 radical (unpaired) electrons. The molecule has 0 aliphatic carbocycles. The summed E-state index contributed by atoms with van der Waals surface area (Å²) < 4.78 is 35.5. The van der Waals surface area contributed by atoms with Crippen LogP contribution < -0.4 is 4.80 Å². The number of hydrogen-bond acceptors (Lipinski definition) is 6. The summed E-state index contributed by atoms with van der Waals surface area (Å²) in [6.45, 7) is 4.51. The molecular weight excluding hydrogens is 498 g/mol. The van der Waals surface area contributed by atoms with E-state index < -0.39 is 21.9 Å². The van der Waals surface area contributed by atoms with E-state index in [9.17, 15) is 18.0 Å². The fraction of sp³-hybridized carbons (Fsp3) is 0.423. The van der Waals surface area contributed by atoms with Crippen LogP contribution in [0.4, 0.5) is 0 Å². The highest BCUT2D eigenvalue weighted by molar-refractivity contribution is 7.89. The van der Waals surface area contributed by atoms with E-state index in [4.69, 9.17) is 4.74 Å². The van der Waals surface area contributed by atoms with E-state index in [-0.39, 0.29) is 23.0 Å². The zero-order valence-corrected chi connectivity index (χ0v) is 22.4. The molecule has 36 heavy (non-hydrogen) atoms. The topological polar surface area (TPSA) is 98.0 Å². The first-order valence-electron chi connectivity index (χ1n) is 12.2. The lowest BCUT2D eigenvalue weighted by Gasteiger charge is -2.34. The standard InChI is InChI=1S/C26H31N3O5S2/c1-4-18-9-14-22-23(16-18)35-26(28(22)17-24(30)34-3)27-25(31)19-10-12-21(13-11-19)36(32,33)29-15-7-6-8-20(29)5-2/h9-14,16,20H,4-8,15,17H2,1-3H3. The van der Waals surface area contributed by atoms with Crippen LogP contribution in [-0.2, 0) is 32.5 Å². The van der Waals surface area contributed by atoms with E-state index in [0.29, 0.717) is 11.3 Å². The average Bonchev–Trinajstić information content (AvgIpc) is 3.23. The summed E-state index contributed by atoms with van der Waals surface area (Å²) in [4.78, 5) is 29.9. The van der Waals surface area contributed by atoms with Gasteiger partial charge in [-0.05, 0) is 67.6 Å². The van der Waals surface area contributed by atoms with E-state index in [2.05, 4.69) is 11.9 Å². The van der Waals surface area contributed by atoms with Crippen molar-refractivity contribution in [3.8, 4) is 0 Å². The van der Waals surface area contributed by atoms with E-state index in [0.717, 1.165) is 47.9 Å². The summed E-state index contributed by atoms with van der Waals surface area (Å²) in [5.41, 5.74) is 2.21. The van der Waals surface area contributed by atoms with Crippen LogP contribution in [0, 0.1) is 0 Å². The molecule has 2 aromatic carbocycles. The van der Waals surface area contributed by atoms with E-state index in [1.807, 2.05) is 25.1 Å². The van der Waals surface area contributed by atoms with Crippen LogP contribution in [0.3, 0.4) is 0 Å². The van der Waals surface area contributed by atoms with Crippen molar-refractivity contribution < 1.29 is 22.7 Å². The predicted molar refractivity (Wildman–Crippen MR) is 139 cm³/mol. The van der Waals surface area contributed by atoms with Gasteiger partial charge in [-0.2, -0.15) is 9.30 Å². The average molecular weight is 530 g/mol. The number of esters is 1. The number of rotatable bonds is 7. The number of benzene rings is 2. The van der Waals surface area contributed by atoms with Crippen LogP contribution in [0.25, 0.3) is 10.2 Å². The third-order valence-electron chi connectivity index (χ3n) is 6.62. The summed E-state index contributed by atoms with van der Waals surface area (Å²) in [5.74, 6) is -0.954. The Kier molecular flexibility index (Phi) is 8.07. The third kappa shape index (κ3) is 5.30. The lowest BCUT2D eigenvalue weighted by Crippen LogP contribution is -2.43. The monoisotopic (exact) mass is 529 g/mol. The van der Waals surface area contributed by atoms with Crippen molar-refractivity contribution in [2.45, 2.75) is 63.4 Å². The van der Waals surface area contributed by atoms with Gasteiger partial charge >= 0.3 is 5.97 Å². The number of fused-ring (bicyclic) bond motifs is 1. The van der Waals surface area contributed by atoms with Gasteiger partial charge in [0.2, 0.25) is 10.0 Å².